The summed E-state index contributed by atoms with van der Waals surface area (Å²) < 4.78 is 7.00. The lowest BCUT2D eigenvalue weighted by Gasteiger charge is -2.03. The molecule has 12 heavy (non-hydrogen) atoms. The highest BCUT2D eigenvalue weighted by molar-refractivity contribution is 6.30. The van der Waals surface area contributed by atoms with Crippen LogP contribution in [0, 0.1) is 6.92 Å². The maximum Gasteiger partial charge on any atom is 0.133 e. The van der Waals surface area contributed by atoms with Gasteiger partial charge in [-0.15, -0.1) is 0 Å². The molecular weight excluding hydrogens is 176 g/mol. The van der Waals surface area contributed by atoms with Gasteiger partial charge in [0.05, 0.1) is 12.3 Å². The van der Waals surface area contributed by atoms with Crippen molar-refractivity contribution < 1.29 is 4.74 Å². The van der Waals surface area contributed by atoms with Crippen LogP contribution in [-0.2, 0) is 17.4 Å². The van der Waals surface area contributed by atoms with Gasteiger partial charge in [0.2, 0.25) is 0 Å². The zero-order valence-electron chi connectivity index (χ0n) is 7.39. The van der Waals surface area contributed by atoms with Crippen molar-refractivity contribution in [2.45, 2.75) is 19.4 Å². The third-order valence-electron chi connectivity index (χ3n) is 2.26. The summed E-state index contributed by atoms with van der Waals surface area (Å²) in [5.74, 6) is 0. The van der Waals surface area contributed by atoms with Crippen LogP contribution in [0.2, 0.25) is 5.15 Å². The standard InChI is InChI=1S/C8H11ClN2O/c1-5-6(8(2)4-12-8)7(9)11(3)10-5/h4H2,1-3H3. The Balaban J connectivity index is 2.55. The summed E-state index contributed by atoms with van der Waals surface area (Å²) in [6, 6.07) is 0. The van der Waals surface area contributed by atoms with E-state index in [1.165, 1.54) is 0 Å². The van der Waals surface area contributed by atoms with Crippen molar-refractivity contribution in [1.29, 1.82) is 0 Å². The van der Waals surface area contributed by atoms with Crippen molar-refractivity contribution in [2.24, 2.45) is 7.05 Å². The number of aryl methyl sites for hydroxylation is 2. The van der Waals surface area contributed by atoms with Gasteiger partial charge in [-0.25, -0.2) is 0 Å². The van der Waals surface area contributed by atoms with Gasteiger partial charge in [-0.3, -0.25) is 4.68 Å². The molecule has 66 valence electrons. The Labute approximate surface area is 76.3 Å². The molecule has 4 heteroatoms. The Morgan fingerprint density at radius 2 is 2.25 bits per heavy atom. The van der Waals surface area contributed by atoms with Crippen LogP contribution >= 0.6 is 11.6 Å². The molecule has 1 aromatic heterocycles. The zero-order valence-corrected chi connectivity index (χ0v) is 8.14. The second kappa shape index (κ2) is 2.24. The first-order valence-corrected chi connectivity index (χ1v) is 4.26. The normalized spacial score (nSPS) is 27.7. The molecule has 0 aromatic carbocycles. The van der Waals surface area contributed by atoms with Crippen LogP contribution in [0.5, 0.6) is 0 Å². The van der Waals surface area contributed by atoms with Crippen molar-refractivity contribution in [1.82, 2.24) is 9.78 Å². The maximum absolute atomic E-state index is 6.06. The molecule has 3 nitrogen and oxygen atoms in total. The number of aromatic nitrogens is 2. The molecule has 1 aromatic rings. The van der Waals surface area contributed by atoms with Gasteiger partial charge in [0.25, 0.3) is 0 Å². The lowest BCUT2D eigenvalue weighted by molar-refractivity contribution is 0.328. The smallest absolute Gasteiger partial charge is 0.133 e. The third kappa shape index (κ3) is 0.967. The van der Waals surface area contributed by atoms with Crippen molar-refractivity contribution in [3.05, 3.63) is 16.4 Å². The van der Waals surface area contributed by atoms with Crippen LogP contribution in [-0.4, -0.2) is 16.4 Å². The van der Waals surface area contributed by atoms with Crippen LogP contribution < -0.4 is 0 Å². The molecule has 0 amide bonds. The van der Waals surface area contributed by atoms with Crippen molar-refractivity contribution >= 4 is 11.6 Å². The lowest BCUT2D eigenvalue weighted by Crippen LogP contribution is -2.03. The minimum Gasteiger partial charge on any atom is -0.365 e. The first-order chi connectivity index (χ1) is 5.54. The van der Waals surface area contributed by atoms with E-state index in [4.69, 9.17) is 16.3 Å². The minimum atomic E-state index is -0.171. The second-order valence-corrected chi connectivity index (χ2v) is 3.75. The number of rotatable bonds is 1. The lowest BCUT2D eigenvalue weighted by atomic mass is 10.0. The highest BCUT2D eigenvalue weighted by atomic mass is 35.5. The van der Waals surface area contributed by atoms with Crippen LogP contribution in [0.4, 0.5) is 0 Å². The molecule has 1 unspecified atom stereocenters. The largest absolute Gasteiger partial charge is 0.365 e. The van der Waals surface area contributed by atoms with Crippen molar-refractivity contribution in [3.8, 4) is 0 Å². The van der Waals surface area contributed by atoms with E-state index in [9.17, 15) is 0 Å². The summed E-state index contributed by atoms with van der Waals surface area (Å²) in [5.41, 5.74) is 1.82. The molecule has 0 spiro atoms. The van der Waals surface area contributed by atoms with E-state index in [1.54, 1.807) is 4.68 Å². The molecule has 0 bridgehead atoms. The van der Waals surface area contributed by atoms with Gasteiger partial charge in [-0.05, 0) is 13.8 Å². The summed E-state index contributed by atoms with van der Waals surface area (Å²) in [5, 5.41) is 4.91. The van der Waals surface area contributed by atoms with E-state index in [0.717, 1.165) is 17.9 Å². The first-order valence-electron chi connectivity index (χ1n) is 3.88. The van der Waals surface area contributed by atoms with Crippen LogP contribution in [0.15, 0.2) is 0 Å². The van der Waals surface area contributed by atoms with Gasteiger partial charge in [-0.1, -0.05) is 11.6 Å². The molecule has 0 radical (unpaired) electrons. The van der Waals surface area contributed by atoms with Crippen molar-refractivity contribution in [3.63, 3.8) is 0 Å². The second-order valence-electron chi connectivity index (χ2n) is 3.39. The van der Waals surface area contributed by atoms with E-state index in [2.05, 4.69) is 5.10 Å². The molecule has 1 fully saturated rings. The van der Waals surface area contributed by atoms with Gasteiger partial charge in [-0.2, -0.15) is 5.10 Å². The van der Waals surface area contributed by atoms with E-state index in [1.807, 2.05) is 20.9 Å². The topological polar surface area (TPSA) is 30.4 Å². The fraction of sp³-hybridized carbons (Fsp3) is 0.625. The van der Waals surface area contributed by atoms with E-state index in [-0.39, 0.29) is 5.60 Å². The number of ether oxygens (including phenoxy) is 1. The van der Waals surface area contributed by atoms with Crippen LogP contribution in [0.3, 0.4) is 0 Å². The molecule has 2 heterocycles. The Morgan fingerprint density at radius 3 is 2.58 bits per heavy atom. The Hall–Kier alpha value is -0.540. The average molecular weight is 187 g/mol. The molecule has 1 aliphatic rings. The predicted molar refractivity (Wildman–Crippen MR) is 46.3 cm³/mol. The molecular formula is C8H11ClN2O. The Kier molecular flexibility index (Phi) is 1.50. The molecule has 1 saturated heterocycles. The van der Waals surface area contributed by atoms with Gasteiger partial charge < -0.3 is 4.74 Å². The summed E-state index contributed by atoms with van der Waals surface area (Å²) in [6.07, 6.45) is 0. The average Bonchev–Trinajstić information content (AvgIpc) is 2.62. The molecule has 1 atom stereocenters. The summed E-state index contributed by atoms with van der Waals surface area (Å²) >= 11 is 6.06. The fourth-order valence-corrected chi connectivity index (χ4v) is 1.86. The zero-order chi connectivity index (χ0) is 8.93. The number of hydrogen-bond donors (Lipinski definition) is 0. The third-order valence-corrected chi connectivity index (χ3v) is 2.69. The molecule has 2 rings (SSSR count). The van der Waals surface area contributed by atoms with E-state index in [0.29, 0.717) is 5.15 Å². The van der Waals surface area contributed by atoms with E-state index < -0.39 is 0 Å². The van der Waals surface area contributed by atoms with Gasteiger partial charge >= 0.3 is 0 Å². The number of nitrogens with zero attached hydrogens (tertiary/aromatic N) is 2. The fourth-order valence-electron chi connectivity index (χ4n) is 1.48. The summed E-state index contributed by atoms with van der Waals surface area (Å²) in [4.78, 5) is 0. The van der Waals surface area contributed by atoms with Gasteiger partial charge in [0.15, 0.2) is 0 Å². The molecule has 0 N–H and O–H groups in total. The Morgan fingerprint density at radius 1 is 1.67 bits per heavy atom. The summed E-state index contributed by atoms with van der Waals surface area (Å²) in [6.45, 7) is 4.73. The monoisotopic (exact) mass is 186 g/mol. The van der Waals surface area contributed by atoms with Crippen molar-refractivity contribution in [2.75, 3.05) is 6.61 Å². The van der Waals surface area contributed by atoms with Gasteiger partial charge in [0.1, 0.15) is 10.8 Å². The minimum absolute atomic E-state index is 0.171. The highest BCUT2D eigenvalue weighted by Gasteiger charge is 2.45. The number of epoxide rings is 1. The molecule has 1 aliphatic heterocycles. The SMILES string of the molecule is Cc1nn(C)c(Cl)c1C1(C)CO1. The van der Waals surface area contributed by atoms with Crippen LogP contribution in [0.25, 0.3) is 0 Å². The number of halogens is 1. The highest BCUT2D eigenvalue weighted by Crippen LogP contribution is 2.42. The number of hydrogen-bond acceptors (Lipinski definition) is 2. The summed E-state index contributed by atoms with van der Waals surface area (Å²) in [7, 11) is 1.84. The molecule has 0 aliphatic carbocycles. The van der Waals surface area contributed by atoms with E-state index >= 15 is 0 Å². The first kappa shape index (κ1) is 8.08. The maximum atomic E-state index is 6.06. The quantitative estimate of drug-likeness (QED) is 0.624. The Bertz CT molecular complexity index is 328. The van der Waals surface area contributed by atoms with Gasteiger partial charge in [0, 0.05) is 12.6 Å². The van der Waals surface area contributed by atoms with Crippen LogP contribution in [0.1, 0.15) is 18.2 Å². The molecule has 0 saturated carbocycles. The predicted octanol–water partition coefficient (Wildman–Crippen LogP) is 1.63.